The number of carbonyl (C=O) groups excluding carboxylic acids is 1. The van der Waals surface area contributed by atoms with Gasteiger partial charge in [0.15, 0.2) is 0 Å². The second-order valence-electron chi connectivity index (χ2n) is 5.99. The normalized spacial score (nSPS) is 11.0. The highest BCUT2D eigenvalue weighted by Crippen LogP contribution is 2.27. The summed E-state index contributed by atoms with van der Waals surface area (Å²) in [6.45, 7) is 0.981. The van der Waals surface area contributed by atoms with Crippen LogP contribution in [0.1, 0.15) is 16.7 Å². The van der Waals surface area contributed by atoms with Gasteiger partial charge >= 0.3 is 4.87 Å². The molecule has 3 N–H and O–H groups in total. The number of fused-ring (bicyclic) bond motifs is 1. The van der Waals surface area contributed by atoms with Crippen LogP contribution in [0.25, 0.3) is 10.2 Å². The van der Waals surface area contributed by atoms with Crippen LogP contribution in [0.2, 0.25) is 0 Å². The van der Waals surface area contributed by atoms with E-state index in [0.717, 1.165) is 32.7 Å². The lowest BCUT2D eigenvalue weighted by Gasteiger charge is -2.08. The Kier molecular flexibility index (Phi) is 5.70. The topological polar surface area (TPSA) is 91.4 Å². The predicted octanol–water partition coefficient (Wildman–Crippen LogP) is 2.34. The molecule has 1 amide bonds. The third-order valence-corrected chi connectivity index (χ3v) is 4.98. The van der Waals surface area contributed by atoms with Gasteiger partial charge in [-0.2, -0.15) is 0 Å². The molecule has 0 aliphatic rings. The van der Waals surface area contributed by atoms with Gasteiger partial charge in [0.05, 0.1) is 17.7 Å². The van der Waals surface area contributed by atoms with Gasteiger partial charge in [-0.3, -0.25) is 9.59 Å². The Balaban J connectivity index is 1.58. The summed E-state index contributed by atoms with van der Waals surface area (Å²) in [6.07, 6.45) is 0.889. The fraction of sp³-hybridized carbons (Fsp3) is 0.263. The van der Waals surface area contributed by atoms with Crippen LogP contribution in [-0.4, -0.2) is 29.7 Å². The van der Waals surface area contributed by atoms with E-state index >= 15 is 0 Å². The lowest BCUT2D eigenvalue weighted by atomic mass is 10.1. The van der Waals surface area contributed by atoms with Crippen molar-refractivity contribution in [3.63, 3.8) is 0 Å². The number of phenolic OH excluding ortho intramolecular Hbond substituents is 1. The predicted molar refractivity (Wildman–Crippen MR) is 102 cm³/mol. The third-order valence-electron chi connectivity index (χ3n) is 4.02. The van der Waals surface area contributed by atoms with E-state index in [0.29, 0.717) is 31.5 Å². The molecule has 0 fully saturated rings. The number of benzene rings is 2. The summed E-state index contributed by atoms with van der Waals surface area (Å²) in [5.74, 6) is -0.000999. The van der Waals surface area contributed by atoms with Gasteiger partial charge in [0.25, 0.3) is 0 Å². The second-order valence-corrected chi connectivity index (χ2v) is 6.98. The lowest BCUT2D eigenvalue weighted by Crippen LogP contribution is -2.27. The Bertz CT molecular complexity index is 977. The maximum absolute atomic E-state index is 12.2. The molecule has 0 saturated carbocycles. The number of methoxy groups -OCH3 is 1. The van der Waals surface area contributed by atoms with E-state index in [2.05, 4.69) is 10.3 Å². The monoisotopic (exact) mass is 372 g/mol. The molecule has 1 heterocycles. The van der Waals surface area contributed by atoms with Gasteiger partial charge in [-0.25, -0.2) is 0 Å². The Labute approximate surface area is 154 Å². The van der Waals surface area contributed by atoms with Crippen LogP contribution in [0.4, 0.5) is 0 Å². The average Bonchev–Trinajstić information content (AvgIpc) is 3.00. The lowest BCUT2D eigenvalue weighted by molar-refractivity contribution is -0.120. The molecular formula is C19H20N2O4S. The first-order valence-corrected chi connectivity index (χ1v) is 9.05. The minimum absolute atomic E-state index is 0.0575. The molecule has 0 unspecified atom stereocenters. The van der Waals surface area contributed by atoms with Crippen LogP contribution in [0, 0.1) is 0 Å². The van der Waals surface area contributed by atoms with Crippen molar-refractivity contribution in [2.45, 2.75) is 19.4 Å². The number of ether oxygens (including phenoxy) is 1. The van der Waals surface area contributed by atoms with Crippen molar-refractivity contribution in [3.8, 4) is 5.75 Å². The van der Waals surface area contributed by atoms with Gasteiger partial charge in [-0.15, -0.1) is 0 Å². The standard InChI is InChI=1S/C19H20N2O4S/c1-25-11-13-4-2-3-12(9-13)10-16(23)20-8-7-14-5-6-15(22)17-18(14)26-19(24)21-17/h2-6,9,22H,7-8,10-11H2,1H3,(H,20,23)(H,21,24). The van der Waals surface area contributed by atoms with E-state index in [9.17, 15) is 14.7 Å². The number of phenols is 1. The summed E-state index contributed by atoms with van der Waals surface area (Å²) in [7, 11) is 1.64. The largest absolute Gasteiger partial charge is 0.506 e. The van der Waals surface area contributed by atoms with Crippen LogP contribution in [0.5, 0.6) is 5.75 Å². The number of carbonyl (C=O) groups is 1. The minimum Gasteiger partial charge on any atom is -0.506 e. The molecule has 7 heteroatoms. The summed E-state index contributed by atoms with van der Waals surface area (Å²) in [5, 5.41) is 12.7. The van der Waals surface area contributed by atoms with Gasteiger partial charge in [-0.05, 0) is 29.2 Å². The van der Waals surface area contributed by atoms with Crippen molar-refractivity contribution in [2.75, 3.05) is 13.7 Å². The molecule has 0 radical (unpaired) electrons. The summed E-state index contributed by atoms with van der Waals surface area (Å²) < 4.78 is 5.84. The maximum atomic E-state index is 12.2. The highest BCUT2D eigenvalue weighted by Gasteiger charge is 2.10. The molecule has 3 aromatic rings. The Hall–Kier alpha value is -2.64. The number of rotatable bonds is 7. The van der Waals surface area contributed by atoms with Crippen LogP contribution in [0.15, 0.2) is 41.2 Å². The number of amides is 1. The van der Waals surface area contributed by atoms with E-state index in [1.54, 1.807) is 19.2 Å². The number of aromatic nitrogens is 1. The van der Waals surface area contributed by atoms with Gasteiger partial charge in [0, 0.05) is 13.7 Å². The number of thiazole rings is 1. The van der Waals surface area contributed by atoms with E-state index in [1.807, 2.05) is 24.3 Å². The number of aromatic hydroxyl groups is 1. The zero-order chi connectivity index (χ0) is 18.5. The SMILES string of the molecule is COCc1cccc(CC(=O)NCCc2ccc(O)c3[nH]c(=O)sc23)c1. The Morgan fingerprint density at radius 3 is 2.88 bits per heavy atom. The second kappa shape index (κ2) is 8.16. The van der Waals surface area contributed by atoms with Crippen LogP contribution in [0.3, 0.4) is 0 Å². The van der Waals surface area contributed by atoms with Crippen molar-refractivity contribution < 1.29 is 14.6 Å². The fourth-order valence-electron chi connectivity index (χ4n) is 2.85. The quantitative estimate of drug-likeness (QED) is 0.594. The molecule has 136 valence electrons. The summed E-state index contributed by atoms with van der Waals surface area (Å²) in [6, 6.07) is 11.1. The number of nitrogens with one attached hydrogen (secondary N) is 2. The molecule has 0 spiro atoms. The molecule has 0 bridgehead atoms. The molecule has 3 rings (SSSR count). The van der Waals surface area contributed by atoms with Crippen molar-refractivity contribution in [3.05, 3.63) is 62.8 Å². The number of aromatic amines is 1. The smallest absolute Gasteiger partial charge is 0.305 e. The van der Waals surface area contributed by atoms with Gasteiger partial charge in [0.2, 0.25) is 5.91 Å². The van der Waals surface area contributed by atoms with Crippen molar-refractivity contribution in [1.29, 1.82) is 0 Å². The van der Waals surface area contributed by atoms with Gasteiger partial charge in [-0.1, -0.05) is 41.7 Å². The van der Waals surface area contributed by atoms with E-state index in [1.165, 1.54) is 0 Å². The third kappa shape index (κ3) is 4.30. The molecule has 0 saturated heterocycles. The van der Waals surface area contributed by atoms with E-state index in [-0.39, 0.29) is 16.5 Å². The Morgan fingerprint density at radius 2 is 2.08 bits per heavy atom. The van der Waals surface area contributed by atoms with Crippen LogP contribution < -0.4 is 10.2 Å². The fourth-order valence-corrected chi connectivity index (χ4v) is 3.75. The molecule has 0 aliphatic heterocycles. The van der Waals surface area contributed by atoms with Gasteiger partial charge < -0.3 is 20.1 Å². The molecular weight excluding hydrogens is 352 g/mol. The van der Waals surface area contributed by atoms with Crippen molar-refractivity contribution in [2.24, 2.45) is 0 Å². The first kappa shape index (κ1) is 18.2. The van der Waals surface area contributed by atoms with E-state index in [4.69, 9.17) is 4.74 Å². The highest BCUT2D eigenvalue weighted by molar-refractivity contribution is 7.16. The van der Waals surface area contributed by atoms with Crippen molar-refractivity contribution in [1.82, 2.24) is 10.3 Å². The molecule has 26 heavy (non-hydrogen) atoms. The number of H-pyrrole nitrogens is 1. The average molecular weight is 372 g/mol. The maximum Gasteiger partial charge on any atom is 0.305 e. The zero-order valence-corrected chi connectivity index (χ0v) is 15.2. The summed E-state index contributed by atoms with van der Waals surface area (Å²) in [4.78, 5) is 26.1. The van der Waals surface area contributed by atoms with Crippen LogP contribution in [-0.2, 0) is 29.0 Å². The summed E-state index contributed by atoms with van der Waals surface area (Å²) in [5.41, 5.74) is 3.35. The molecule has 6 nitrogen and oxygen atoms in total. The highest BCUT2D eigenvalue weighted by atomic mass is 32.1. The van der Waals surface area contributed by atoms with E-state index < -0.39 is 0 Å². The van der Waals surface area contributed by atoms with Crippen LogP contribution >= 0.6 is 11.3 Å². The molecule has 2 aromatic carbocycles. The Morgan fingerprint density at radius 1 is 1.27 bits per heavy atom. The zero-order valence-electron chi connectivity index (χ0n) is 14.4. The van der Waals surface area contributed by atoms with Crippen molar-refractivity contribution >= 4 is 27.5 Å². The first-order chi connectivity index (χ1) is 12.6. The molecule has 0 atom stereocenters. The number of hydrogen-bond acceptors (Lipinski definition) is 5. The first-order valence-electron chi connectivity index (χ1n) is 8.24. The number of hydrogen-bond donors (Lipinski definition) is 3. The molecule has 0 aliphatic carbocycles. The minimum atomic E-state index is -0.206. The summed E-state index contributed by atoms with van der Waals surface area (Å²) >= 11 is 1.06. The van der Waals surface area contributed by atoms with Gasteiger partial charge in [0.1, 0.15) is 11.3 Å². The molecule has 1 aromatic heterocycles.